The highest BCUT2D eigenvalue weighted by Gasteiger charge is 2.29. The van der Waals surface area contributed by atoms with Gasteiger partial charge in [0.2, 0.25) is 5.91 Å². The van der Waals surface area contributed by atoms with Gasteiger partial charge >= 0.3 is 0 Å². The molecule has 1 fully saturated rings. The lowest BCUT2D eigenvalue weighted by molar-refractivity contribution is -0.119. The van der Waals surface area contributed by atoms with Crippen LogP contribution in [0.2, 0.25) is 0 Å². The quantitative estimate of drug-likeness (QED) is 0.318. The third-order valence-corrected chi connectivity index (χ3v) is 7.65. The Morgan fingerprint density at radius 1 is 1.07 bits per heavy atom. The van der Waals surface area contributed by atoms with Crippen LogP contribution in [0.15, 0.2) is 66.4 Å². The molecule has 0 saturated heterocycles. The van der Waals surface area contributed by atoms with E-state index in [2.05, 4.69) is 35.2 Å². The van der Waals surface area contributed by atoms with Crippen LogP contribution in [0.1, 0.15) is 37.1 Å². The number of rotatable bonds is 5. The minimum absolute atomic E-state index is 0.00349. The molecule has 10 nitrogen and oxygen atoms in total. The van der Waals surface area contributed by atoms with Crippen molar-refractivity contribution in [2.24, 2.45) is 10.9 Å². The molecule has 2 N–H and O–H groups in total. The highest BCUT2D eigenvalue weighted by atomic mass is 19.1. The molecule has 0 spiro atoms. The van der Waals surface area contributed by atoms with Crippen LogP contribution >= 0.6 is 0 Å². The van der Waals surface area contributed by atoms with Gasteiger partial charge in [0, 0.05) is 42.7 Å². The standard InChI is InChI=1S/C30H26FN9O/c1-40-16-36-28(29-38-22-14-33-13-20(27(22)39-29)21-8-4-5-9-34-21)24-23(40)15-35-26(25(24)31)18-10-19(12-32-11-18)37-30(41)17-6-2-3-7-17/h4-5,8-15,17H,2-3,6-7,16H2,1H3,(H,37,41)(H,38,39). The maximum Gasteiger partial charge on any atom is 0.227 e. The number of halogens is 1. The van der Waals surface area contributed by atoms with Crippen molar-refractivity contribution in [2.45, 2.75) is 25.7 Å². The Morgan fingerprint density at radius 2 is 1.93 bits per heavy atom. The Bertz CT molecular complexity index is 1810. The monoisotopic (exact) mass is 547 g/mol. The molecule has 0 aromatic carbocycles. The Kier molecular flexibility index (Phi) is 6.18. The van der Waals surface area contributed by atoms with Crippen LogP contribution < -0.4 is 10.2 Å². The molecule has 0 bridgehead atoms. The van der Waals surface area contributed by atoms with E-state index in [1.54, 1.807) is 43.2 Å². The Labute approximate surface area is 234 Å². The van der Waals surface area contributed by atoms with Crippen LogP contribution in [0.25, 0.3) is 33.5 Å². The minimum atomic E-state index is -0.544. The summed E-state index contributed by atoms with van der Waals surface area (Å²) < 4.78 is 16.4. The summed E-state index contributed by atoms with van der Waals surface area (Å²) in [6.07, 6.45) is 13.7. The van der Waals surface area contributed by atoms with E-state index < -0.39 is 5.82 Å². The fourth-order valence-corrected chi connectivity index (χ4v) is 5.54. The number of H-pyrrole nitrogens is 1. The summed E-state index contributed by atoms with van der Waals surface area (Å²) in [7, 11) is 1.84. The van der Waals surface area contributed by atoms with Gasteiger partial charge in [-0.05, 0) is 31.0 Å². The average Bonchev–Trinajstić information content (AvgIpc) is 3.69. The number of hydrogen-bond donors (Lipinski definition) is 2. The Morgan fingerprint density at radius 3 is 2.76 bits per heavy atom. The summed E-state index contributed by atoms with van der Waals surface area (Å²) >= 11 is 0. The smallest absolute Gasteiger partial charge is 0.227 e. The highest BCUT2D eigenvalue weighted by Crippen LogP contribution is 2.35. The Balaban J connectivity index is 1.28. The lowest BCUT2D eigenvalue weighted by Gasteiger charge is -2.26. The van der Waals surface area contributed by atoms with Gasteiger partial charge in [-0.25, -0.2) is 9.37 Å². The molecule has 204 valence electrons. The molecule has 1 amide bonds. The summed E-state index contributed by atoms with van der Waals surface area (Å²) in [4.78, 5) is 44.8. The molecule has 0 unspecified atom stereocenters. The minimum Gasteiger partial charge on any atom is -0.353 e. The topological polar surface area (TPSA) is 125 Å². The molecule has 6 heterocycles. The molecular weight excluding hydrogens is 521 g/mol. The van der Waals surface area contributed by atoms with Gasteiger partial charge in [0.1, 0.15) is 23.6 Å². The van der Waals surface area contributed by atoms with Crippen LogP contribution in [0, 0.1) is 11.7 Å². The van der Waals surface area contributed by atoms with Crippen LogP contribution in [0.3, 0.4) is 0 Å². The van der Waals surface area contributed by atoms with Gasteiger partial charge in [0.05, 0.1) is 46.7 Å². The second kappa shape index (κ2) is 10.2. The predicted molar refractivity (Wildman–Crippen MR) is 154 cm³/mol. The summed E-state index contributed by atoms with van der Waals surface area (Å²) in [5.41, 5.74) is 5.21. The van der Waals surface area contributed by atoms with Crippen molar-refractivity contribution < 1.29 is 9.18 Å². The summed E-state index contributed by atoms with van der Waals surface area (Å²) in [5, 5.41) is 2.94. The van der Waals surface area contributed by atoms with Gasteiger partial charge in [0.15, 0.2) is 11.6 Å². The second-order valence-corrected chi connectivity index (χ2v) is 10.3. The zero-order valence-corrected chi connectivity index (χ0v) is 22.3. The molecule has 11 heteroatoms. The van der Waals surface area contributed by atoms with Crippen LogP contribution in [0.5, 0.6) is 0 Å². The first-order valence-corrected chi connectivity index (χ1v) is 13.5. The maximum atomic E-state index is 16.4. The van der Waals surface area contributed by atoms with E-state index in [0.717, 1.165) is 36.9 Å². The maximum absolute atomic E-state index is 16.4. The SMILES string of the molecule is CN1CN=C(c2nc3c(-c4ccccn4)cncc3[nH]2)c2c1cnc(-c1cncc(NC(=O)C3CCCC3)c1)c2F. The van der Waals surface area contributed by atoms with Crippen molar-refractivity contribution in [3.8, 4) is 22.5 Å². The number of aromatic amines is 1. The van der Waals surface area contributed by atoms with Crippen molar-refractivity contribution in [2.75, 3.05) is 23.9 Å². The van der Waals surface area contributed by atoms with Gasteiger partial charge in [-0.2, -0.15) is 0 Å². The largest absolute Gasteiger partial charge is 0.353 e. The molecule has 41 heavy (non-hydrogen) atoms. The van der Waals surface area contributed by atoms with Crippen LogP contribution in [-0.2, 0) is 4.79 Å². The number of hydrogen-bond acceptors (Lipinski definition) is 8. The molecule has 1 saturated carbocycles. The third-order valence-electron chi connectivity index (χ3n) is 7.65. The highest BCUT2D eigenvalue weighted by molar-refractivity contribution is 6.16. The number of imidazole rings is 1. The zero-order chi connectivity index (χ0) is 27.9. The van der Waals surface area contributed by atoms with Gasteiger partial charge in [-0.15, -0.1) is 0 Å². The van der Waals surface area contributed by atoms with Gasteiger partial charge in [-0.3, -0.25) is 29.7 Å². The molecule has 0 radical (unpaired) electrons. The fourth-order valence-electron chi connectivity index (χ4n) is 5.54. The number of carbonyl (C=O) groups excluding carboxylic acids is 1. The van der Waals surface area contributed by atoms with E-state index in [-0.39, 0.29) is 23.1 Å². The molecular formula is C30H26FN9O. The van der Waals surface area contributed by atoms with E-state index in [1.807, 2.05) is 30.1 Å². The van der Waals surface area contributed by atoms with Crippen molar-refractivity contribution in [1.82, 2.24) is 29.9 Å². The first-order chi connectivity index (χ1) is 20.1. The van der Waals surface area contributed by atoms with Crippen molar-refractivity contribution in [3.05, 3.63) is 78.7 Å². The summed E-state index contributed by atoms with van der Waals surface area (Å²) in [5.74, 6) is -0.145. The lowest BCUT2D eigenvalue weighted by Crippen LogP contribution is -2.28. The van der Waals surface area contributed by atoms with Gasteiger partial charge < -0.3 is 15.2 Å². The van der Waals surface area contributed by atoms with Gasteiger partial charge in [0.25, 0.3) is 0 Å². The van der Waals surface area contributed by atoms with E-state index in [1.165, 1.54) is 0 Å². The van der Waals surface area contributed by atoms with Crippen molar-refractivity contribution in [1.29, 1.82) is 0 Å². The first kappa shape index (κ1) is 24.9. The summed E-state index contributed by atoms with van der Waals surface area (Å²) in [6.45, 7) is 0.315. The molecule has 5 aromatic rings. The Hall–Kier alpha value is -5.06. The zero-order valence-electron chi connectivity index (χ0n) is 22.3. The molecule has 7 rings (SSSR count). The lowest BCUT2D eigenvalue weighted by atomic mass is 10.0. The number of aromatic nitrogens is 6. The van der Waals surface area contributed by atoms with E-state index >= 15 is 4.39 Å². The fraction of sp³-hybridized carbons (Fsp3) is 0.233. The predicted octanol–water partition coefficient (Wildman–Crippen LogP) is 4.99. The number of amides is 1. The van der Waals surface area contributed by atoms with E-state index in [4.69, 9.17) is 4.98 Å². The molecule has 2 aliphatic rings. The third kappa shape index (κ3) is 4.48. The number of pyridine rings is 4. The van der Waals surface area contributed by atoms with Crippen molar-refractivity contribution >= 4 is 34.0 Å². The van der Waals surface area contributed by atoms with E-state index in [9.17, 15) is 4.79 Å². The van der Waals surface area contributed by atoms with E-state index in [0.29, 0.717) is 46.2 Å². The van der Waals surface area contributed by atoms with Gasteiger partial charge in [-0.1, -0.05) is 18.9 Å². The number of aliphatic imine (C=N–C) groups is 1. The van der Waals surface area contributed by atoms with Crippen LogP contribution in [-0.4, -0.2) is 55.2 Å². The molecule has 1 aliphatic heterocycles. The first-order valence-electron chi connectivity index (χ1n) is 13.5. The molecule has 0 atom stereocenters. The summed E-state index contributed by atoms with van der Waals surface area (Å²) in [6, 6.07) is 7.34. The molecule has 1 aliphatic carbocycles. The number of carbonyl (C=O) groups is 1. The average molecular weight is 548 g/mol. The van der Waals surface area contributed by atoms with Crippen molar-refractivity contribution in [3.63, 3.8) is 0 Å². The number of nitrogens with one attached hydrogen (secondary N) is 2. The van der Waals surface area contributed by atoms with Crippen LogP contribution in [0.4, 0.5) is 15.8 Å². The number of fused-ring (bicyclic) bond motifs is 2. The number of nitrogens with zero attached hydrogens (tertiary/aromatic N) is 7. The second-order valence-electron chi connectivity index (χ2n) is 10.3. The number of anilines is 2. The normalized spacial score (nSPS) is 15.2. The molecule has 5 aromatic heterocycles.